The van der Waals surface area contributed by atoms with Crippen LogP contribution in [0.25, 0.3) is 0 Å². The molecule has 4 N–H and O–H groups in total. The van der Waals surface area contributed by atoms with E-state index in [4.69, 9.17) is 15.0 Å². The summed E-state index contributed by atoms with van der Waals surface area (Å²) >= 11 is 0. The van der Waals surface area contributed by atoms with E-state index in [1.807, 2.05) is 0 Å². The summed E-state index contributed by atoms with van der Waals surface area (Å²) in [5.41, 5.74) is 0.444. The molecule has 12 heavy (non-hydrogen) atoms. The normalized spacial score (nSPS) is 15.5. The molecule has 0 saturated heterocycles. The lowest BCUT2D eigenvalue weighted by Crippen LogP contribution is -2.12. The fourth-order valence-electron chi connectivity index (χ4n) is 0.930. The number of hydrogen-bond donors (Lipinski definition) is 3. The lowest BCUT2D eigenvalue weighted by Gasteiger charge is -2.05. The van der Waals surface area contributed by atoms with Gasteiger partial charge in [-0.1, -0.05) is 18.2 Å². The van der Waals surface area contributed by atoms with Crippen LogP contribution in [0.4, 0.5) is 0 Å². The molecule has 5 heteroatoms. The minimum Gasteiger partial charge on any atom is -0.392 e. The zero-order chi connectivity index (χ0) is 9.19. The predicted octanol–water partition coefficient (Wildman–Crippen LogP) is 0.458. The van der Waals surface area contributed by atoms with Gasteiger partial charge in [0, 0.05) is 0 Å². The van der Waals surface area contributed by atoms with Gasteiger partial charge in [0.15, 0.2) is 0 Å². The van der Waals surface area contributed by atoms with Gasteiger partial charge in [0.25, 0.3) is 0 Å². The van der Waals surface area contributed by atoms with E-state index in [2.05, 4.69) is 0 Å². The number of rotatable bonds is 2. The van der Waals surface area contributed by atoms with Gasteiger partial charge in [0.05, 0.1) is 11.5 Å². The highest BCUT2D eigenvalue weighted by molar-refractivity contribution is 7.90. The molecule has 0 aliphatic heterocycles. The van der Waals surface area contributed by atoms with Crippen molar-refractivity contribution in [3.8, 4) is 0 Å². The van der Waals surface area contributed by atoms with Gasteiger partial charge >= 0.3 is 0 Å². The number of nitrogens with two attached hydrogens (primary N) is 1. The molecule has 1 aromatic rings. The molecule has 0 aliphatic rings. The molecule has 1 rings (SSSR count). The number of aliphatic hydroxyl groups is 1. The average Bonchev–Trinajstić information content (AvgIpc) is 2.03. The molecule has 0 amide bonds. The molecule has 1 atom stereocenters. The highest BCUT2D eigenvalue weighted by Crippen LogP contribution is 2.13. The van der Waals surface area contributed by atoms with E-state index in [1.54, 1.807) is 18.2 Å². The van der Waals surface area contributed by atoms with Crippen molar-refractivity contribution < 1.29 is 9.32 Å². The van der Waals surface area contributed by atoms with Crippen LogP contribution in [0.3, 0.4) is 0 Å². The highest BCUT2D eigenvalue weighted by atomic mass is 32.2. The fourth-order valence-corrected chi connectivity index (χ4v) is 1.73. The Bertz CT molecular complexity index is 373. The first-order valence-corrected chi connectivity index (χ1v) is 4.93. The summed E-state index contributed by atoms with van der Waals surface area (Å²) in [7, 11) is -3.21. The first-order valence-electron chi connectivity index (χ1n) is 3.31. The van der Waals surface area contributed by atoms with Crippen molar-refractivity contribution in [3.63, 3.8) is 0 Å². The van der Waals surface area contributed by atoms with Crippen LogP contribution in [0, 0.1) is 4.78 Å². The van der Waals surface area contributed by atoms with Crippen LogP contribution in [0.1, 0.15) is 5.56 Å². The third-order valence-electron chi connectivity index (χ3n) is 1.47. The Morgan fingerprint density at radius 3 is 2.50 bits per heavy atom. The SMILES string of the molecule is N=S(N)(=O)c1ccccc1CO. The second-order valence-electron chi connectivity index (χ2n) is 2.37. The first kappa shape index (κ1) is 9.18. The summed E-state index contributed by atoms with van der Waals surface area (Å²) < 4.78 is 18.2. The van der Waals surface area contributed by atoms with Gasteiger partial charge in [-0.3, -0.25) is 0 Å². The van der Waals surface area contributed by atoms with E-state index in [-0.39, 0.29) is 11.5 Å². The summed E-state index contributed by atoms with van der Waals surface area (Å²) in [6.07, 6.45) is 0. The largest absolute Gasteiger partial charge is 0.392 e. The second kappa shape index (κ2) is 3.22. The van der Waals surface area contributed by atoms with E-state index >= 15 is 0 Å². The van der Waals surface area contributed by atoms with Crippen molar-refractivity contribution in [2.24, 2.45) is 5.14 Å². The van der Waals surface area contributed by atoms with Crippen molar-refractivity contribution in [1.82, 2.24) is 0 Å². The molecule has 1 unspecified atom stereocenters. The van der Waals surface area contributed by atoms with Crippen LogP contribution < -0.4 is 5.14 Å². The summed E-state index contributed by atoms with van der Waals surface area (Å²) in [5, 5.41) is 13.9. The Kier molecular flexibility index (Phi) is 2.46. The van der Waals surface area contributed by atoms with E-state index < -0.39 is 9.92 Å². The molecule has 0 saturated carbocycles. The van der Waals surface area contributed by atoms with Gasteiger partial charge in [0.1, 0.15) is 9.92 Å². The van der Waals surface area contributed by atoms with Gasteiger partial charge in [0.2, 0.25) is 0 Å². The number of nitrogens with one attached hydrogen (secondary N) is 1. The zero-order valence-electron chi connectivity index (χ0n) is 6.36. The molecule has 0 fully saturated rings. The minimum atomic E-state index is -3.21. The Hall–Kier alpha value is -0.910. The molecule has 66 valence electrons. The third kappa shape index (κ3) is 1.82. The maximum absolute atomic E-state index is 11.1. The van der Waals surface area contributed by atoms with Crippen molar-refractivity contribution >= 4 is 9.92 Å². The Labute approximate surface area is 71.1 Å². The minimum absolute atomic E-state index is 0.201. The Morgan fingerprint density at radius 2 is 2.08 bits per heavy atom. The quantitative estimate of drug-likeness (QED) is 0.626. The van der Waals surface area contributed by atoms with Crippen LogP contribution in [0.5, 0.6) is 0 Å². The van der Waals surface area contributed by atoms with E-state index in [9.17, 15) is 4.21 Å². The molecule has 0 spiro atoms. The van der Waals surface area contributed by atoms with Crippen molar-refractivity contribution in [1.29, 1.82) is 4.78 Å². The van der Waals surface area contributed by atoms with Crippen LogP contribution in [-0.4, -0.2) is 9.32 Å². The van der Waals surface area contributed by atoms with Gasteiger partial charge in [-0.2, -0.15) is 0 Å². The van der Waals surface area contributed by atoms with Crippen molar-refractivity contribution in [3.05, 3.63) is 29.8 Å². The van der Waals surface area contributed by atoms with Crippen molar-refractivity contribution in [2.45, 2.75) is 11.5 Å². The first-order chi connectivity index (χ1) is 5.55. The topological polar surface area (TPSA) is 87.2 Å². The number of aliphatic hydroxyl groups excluding tert-OH is 1. The van der Waals surface area contributed by atoms with E-state index in [0.717, 1.165) is 0 Å². The molecular weight excluding hydrogens is 176 g/mol. The maximum Gasteiger partial charge on any atom is 0.132 e. The molecule has 0 bridgehead atoms. The molecule has 4 nitrogen and oxygen atoms in total. The lowest BCUT2D eigenvalue weighted by atomic mass is 10.2. The third-order valence-corrected chi connectivity index (χ3v) is 2.52. The van der Waals surface area contributed by atoms with Crippen LogP contribution in [-0.2, 0) is 16.5 Å². The zero-order valence-corrected chi connectivity index (χ0v) is 7.17. The standard InChI is InChI=1S/C7H10N2O2S/c8-12(9,11)7-4-2-1-3-6(7)5-10/h1-4,10H,5H2,(H3,8,9,11). The monoisotopic (exact) mass is 186 g/mol. The summed E-state index contributed by atoms with van der Waals surface area (Å²) in [6, 6.07) is 6.41. The smallest absolute Gasteiger partial charge is 0.132 e. The van der Waals surface area contributed by atoms with Gasteiger partial charge in [-0.05, 0) is 11.6 Å². The number of benzene rings is 1. The van der Waals surface area contributed by atoms with E-state index in [1.165, 1.54) is 6.07 Å². The number of hydrogen-bond acceptors (Lipinski definition) is 3. The van der Waals surface area contributed by atoms with Crippen LogP contribution in [0.2, 0.25) is 0 Å². The molecular formula is C7H10N2O2S. The van der Waals surface area contributed by atoms with Crippen LogP contribution in [0.15, 0.2) is 29.2 Å². The maximum atomic E-state index is 11.1. The molecule has 1 aromatic carbocycles. The molecule has 0 aromatic heterocycles. The summed E-state index contributed by atoms with van der Waals surface area (Å²) in [5.74, 6) is 0. The second-order valence-corrected chi connectivity index (χ2v) is 4.01. The van der Waals surface area contributed by atoms with Gasteiger partial charge in [-0.25, -0.2) is 14.1 Å². The van der Waals surface area contributed by atoms with Crippen molar-refractivity contribution in [2.75, 3.05) is 0 Å². The molecule has 0 radical (unpaired) electrons. The molecule has 0 heterocycles. The lowest BCUT2D eigenvalue weighted by molar-refractivity contribution is 0.278. The Morgan fingerprint density at radius 1 is 1.50 bits per heavy atom. The fraction of sp³-hybridized carbons (Fsp3) is 0.143. The van der Waals surface area contributed by atoms with Gasteiger partial charge < -0.3 is 5.11 Å². The van der Waals surface area contributed by atoms with E-state index in [0.29, 0.717) is 5.56 Å². The van der Waals surface area contributed by atoms with Crippen LogP contribution >= 0.6 is 0 Å². The average molecular weight is 186 g/mol. The Balaban J connectivity index is 3.33. The highest BCUT2D eigenvalue weighted by Gasteiger charge is 2.07. The summed E-state index contributed by atoms with van der Waals surface area (Å²) in [4.78, 5) is 0.201. The molecule has 0 aliphatic carbocycles. The van der Waals surface area contributed by atoms with Gasteiger partial charge in [-0.15, -0.1) is 0 Å². The summed E-state index contributed by atoms with van der Waals surface area (Å²) in [6.45, 7) is -0.247. The predicted molar refractivity (Wildman–Crippen MR) is 45.7 cm³/mol.